The van der Waals surface area contributed by atoms with Gasteiger partial charge in [-0.25, -0.2) is 14.6 Å². The number of hydrogen-bond donors (Lipinski definition) is 3. The summed E-state index contributed by atoms with van der Waals surface area (Å²) in [5.41, 5.74) is 5.96. The Labute approximate surface area is 218 Å². The Morgan fingerprint density at radius 3 is 2.54 bits per heavy atom. The number of allylic oxidation sites excluding steroid dienone is 2. The van der Waals surface area contributed by atoms with Gasteiger partial charge in [0.05, 0.1) is 6.10 Å². The van der Waals surface area contributed by atoms with Crippen molar-refractivity contribution < 1.29 is 24.2 Å². The maximum absolute atomic E-state index is 12.5. The van der Waals surface area contributed by atoms with E-state index < -0.39 is 23.9 Å². The van der Waals surface area contributed by atoms with Crippen molar-refractivity contribution in [2.75, 3.05) is 19.7 Å². The molecule has 1 heterocycles. The number of rotatable bonds is 10. The number of hydrazine groups is 1. The van der Waals surface area contributed by atoms with E-state index in [2.05, 4.69) is 15.7 Å². The van der Waals surface area contributed by atoms with Crippen LogP contribution in [-0.2, 0) is 16.0 Å². The SMILES string of the molecule is CC(C)(C)OC(=O)NCC(O)CN(Cc1ccc(-c2cccnc2)cc1)NC(=O)OCC1=CCCC=C1. The van der Waals surface area contributed by atoms with E-state index in [1.807, 2.05) is 54.6 Å². The zero-order valence-corrected chi connectivity index (χ0v) is 21.6. The second kappa shape index (κ2) is 13.6. The van der Waals surface area contributed by atoms with Gasteiger partial charge in [-0.3, -0.25) is 10.4 Å². The summed E-state index contributed by atoms with van der Waals surface area (Å²) in [6.45, 7) is 5.78. The van der Waals surface area contributed by atoms with Gasteiger partial charge in [0.2, 0.25) is 0 Å². The van der Waals surface area contributed by atoms with E-state index in [9.17, 15) is 14.7 Å². The van der Waals surface area contributed by atoms with E-state index in [1.165, 1.54) is 0 Å². The van der Waals surface area contributed by atoms with Gasteiger partial charge in [0.15, 0.2) is 0 Å². The quantitative estimate of drug-likeness (QED) is 0.409. The minimum atomic E-state index is -0.966. The van der Waals surface area contributed by atoms with Gasteiger partial charge in [0, 0.05) is 32.0 Å². The number of aliphatic hydroxyl groups is 1. The van der Waals surface area contributed by atoms with E-state index in [0.717, 1.165) is 35.1 Å². The molecule has 0 saturated carbocycles. The minimum absolute atomic E-state index is 0.0419. The monoisotopic (exact) mass is 508 g/mol. The molecule has 0 bridgehead atoms. The fourth-order valence-electron chi connectivity index (χ4n) is 3.63. The molecule has 9 heteroatoms. The summed E-state index contributed by atoms with van der Waals surface area (Å²) in [7, 11) is 0. The lowest BCUT2D eigenvalue weighted by molar-refractivity contribution is 0.0416. The molecule has 1 aromatic heterocycles. The number of carbonyl (C=O) groups is 2. The zero-order chi connectivity index (χ0) is 26.7. The number of nitrogens with one attached hydrogen (secondary N) is 2. The summed E-state index contributed by atoms with van der Waals surface area (Å²) < 4.78 is 10.6. The smallest absolute Gasteiger partial charge is 0.422 e. The van der Waals surface area contributed by atoms with E-state index in [1.54, 1.807) is 38.2 Å². The molecule has 3 rings (SSSR count). The van der Waals surface area contributed by atoms with Crippen molar-refractivity contribution in [2.45, 2.75) is 51.9 Å². The highest BCUT2D eigenvalue weighted by atomic mass is 16.6. The summed E-state index contributed by atoms with van der Waals surface area (Å²) in [6.07, 6.45) is 9.26. The first-order chi connectivity index (χ1) is 17.7. The van der Waals surface area contributed by atoms with E-state index in [-0.39, 0.29) is 19.7 Å². The molecule has 3 N–H and O–H groups in total. The van der Waals surface area contributed by atoms with Crippen molar-refractivity contribution in [1.29, 1.82) is 0 Å². The summed E-state index contributed by atoms with van der Waals surface area (Å²) >= 11 is 0. The number of aromatic nitrogens is 1. The van der Waals surface area contributed by atoms with Gasteiger partial charge in [-0.15, -0.1) is 0 Å². The molecule has 2 aromatic rings. The Morgan fingerprint density at radius 2 is 1.89 bits per heavy atom. The van der Waals surface area contributed by atoms with Gasteiger partial charge < -0.3 is 19.9 Å². The van der Waals surface area contributed by atoms with Crippen molar-refractivity contribution in [2.24, 2.45) is 0 Å². The summed E-state index contributed by atoms with van der Waals surface area (Å²) in [5, 5.41) is 14.7. The molecular formula is C28H36N4O5. The Balaban J connectivity index is 1.60. The maximum atomic E-state index is 12.5. The van der Waals surface area contributed by atoms with Crippen LogP contribution in [0.3, 0.4) is 0 Å². The highest BCUT2D eigenvalue weighted by molar-refractivity contribution is 5.68. The van der Waals surface area contributed by atoms with Gasteiger partial charge >= 0.3 is 12.2 Å². The number of pyridine rings is 1. The van der Waals surface area contributed by atoms with Crippen molar-refractivity contribution in [1.82, 2.24) is 20.7 Å². The molecule has 2 amide bonds. The molecule has 1 unspecified atom stereocenters. The second-order valence-electron chi connectivity index (χ2n) is 9.80. The third-order valence-electron chi connectivity index (χ3n) is 5.33. The van der Waals surface area contributed by atoms with Gasteiger partial charge in [-0.05, 0) is 61.9 Å². The number of amides is 2. The van der Waals surface area contributed by atoms with Gasteiger partial charge in [0.1, 0.15) is 12.2 Å². The van der Waals surface area contributed by atoms with Gasteiger partial charge in [-0.2, -0.15) is 0 Å². The summed E-state index contributed by atoms with van der Waals surface area (Å²) in [5.74, 6) is 0. The van der Waals surface area contributed by atoms with E-state index in [4.69, 9.17) is 9.47 Å². The van der Waals surface area contributed by atoms with Crippen LogP contribution < -0.4 is 10.7 Å². The number of hydrogen-bond acceptors (Lipinski definition) is 7. The van der Waals surface area contributed by atoms with Crippen LogP contribution in [0.5, 0.6) is 0 Å². The molecular weight excluding hydrogens is 472 g/mol. The third-order valence-corrected chi connectivity index (χ3v) is 5.33. The van der Waals surface area contributed by atoms with Crippen LogP contribution in [-0.4, -0.2) is 58.7 Å². The fourth-order valence-corrected chi connectivity index (χ4v) is 3.63. The summed E-state index contributed by atoms with van der Waals surface area (Å²) in [6, 6.07) is 11.7. The first kappa shape index (κ1) is 27.9. The molecule has 0 radical (unpaired) electrons. The number of ether oxygens (including phenoxy) is 2. The molecule has 37 heavy (non-hydrogen) atoms. The molecule has 9 nitrogen and oxygen atoms in total. The number of benzene rings is 1. The van der Waals surface area contributed by atoms with E-state index >= 15 is 0 Å². The lowest BCUT2D eigenvalue weighted by Gasteiger charge is -2.26. The Bertz CT molecular complexity index is 1080. The zero-order valence-electron chi connectivity index (χ0n) is 21.6. The Hall–Kier alpha value is -3.69. The average molecular weight is 509 g/mol. The molecule has 1 aliphatic carbocycles. The van der Waals surface area contributed by atoms with Gasteiger partial charge in [0.25, 0.3) is 0 Å². The molecule has 1 aromatic carbocycles. The van der Waals surface area contributed by atoms with Crippen LogP contribution in [0.25, 0.3) is 11.1 Å². The Kier molecular flexibility index (Phi) is 10.2. The molecule has 198 valence electrons. The first-order valence-electron chi connectivity index (χ1n) is 12.4. The molecule has 1 atom stereocenters. The normalized spacial score (nSPS) is 14.0. The first-order valence-corrected chi connectivity index (χ1v) is 12.4. The molecule has 0 spiro atoms. The van der Waals surface area contributed by atoms with Crippen LogP contribution in [0.4, 0.5) is 9.59 Å². The topological polar surface area (TPSA) is 113 Å². The van der Waals surface area contributed by atoms with Crippen LogP contribution in [0.15, 0.2) is 72.6 Å². The predicted octanol–water partition coefficient (Wildman–Crippen LogP) is 4.35. The van der Waals surface area contributed by atoms with Crippen molar-refractivity contribution in [3.05, 3.63) is 78.2 Å². The molecule has 0 fully saturated rings. The van der Waals surface area contributed by atoms with Crippen LogP contribution >= 0.6 is 0 Å². The standard InChI is InChI=1S/C28H36N4O5/c1-28(2,3)37-26(34)30-17-25(33)19-32(31-27(35)36-20-22-8-5-4-6-9-22)18-21-11-13-23(14-12-21)24-10-7-15-29-16-24/h5,7-16,25,33H,4,6,17-20H2,1-3H3,(H,30,34)(H,31,35). The number of carbonyl (C=O) groups excluding carboxylic acids is 2. The van der Waals surface area contributed by atoms with E-state index in [0.29, 0.717) is 6.54 Å². The fraction of sp³-hybridized carbons (Fsp3) is 0.393. The van der Waals surface area contributed by atoms with Crippen LogP contribution in [0.1, 0.15) is 39.2 Å². The number of nitrogens with zero attached hydrogens (tertiary/aromatic N) is 2. The molecule has 0 aliphatic heterocycles. The maximum Gasteiger partial charge on any atom is 0.422 e. The lowest BCUT2D eigenvalue weighted by Crippen LogP contribution is -2.48. The average Bonchev–Trinajstić information content (AvgIpc) is 2.87. The van der Waals surface area contributed by atoms with Crippen LogP contribution in [0, 0.1) is 0 Å². The van der Waals surface area contributed by atoms with Gasteiger partial charge in [-0.1, -0.05) is 48.6 Å². The third kappa shape index (κ3) is 10.4. The van der Waals surface area contributed by atoms with Crippen molar-refractivity contribution in [3.63, 3.8) is 0 Å². The minimum Gasteiger partial charge on any atom is -0.444 e. The van der Waals surface area contributed by atoms with Crippen LogP contribution in [0.2, 0.25) is 0 Å². The highest BCUT2D eigenvalue weighted by Crippen LogP contribution is 2.19. The Morgan fingerprint density at radius 1 is 1.11 bits per heavy atom. The largest absolute Gasteiger partial charge is 0.444 e. The van der Waals surface area contributed by atoms with Crippen molar-refractivity contribution >= 4 is 12.2 Å². The number of aliphatic hydroxyl groups excluding tert-OH is 1. The lowest BCUT2D eigenvalue weighted by atomic mass is 10.1. The molecule has 0 saturated heterocycles. The second-order valence-corrected chi connectivity index (χ2v) is 9.80. The summed E-state index contributed by atoms with van der Waals surface area (Å²) in [4.78, 5) is 28.6. The molecule has 1 aliphatic rings. The van der Waals surface area contributed by atoms with Crippen molar-refractivity contribution in [3.8, 4) is 11.1 Å². The predicted molar refractivity (Wildman–Crippen MR) is 141 cm³/mol. The number of alkyl carbamates (subject to hydrolysis) is 1. The highest BCUT2D eigenvalue weighted by Gasteiger charge is 2.19.